The molecule has 0 aliphatic heterocycles. The van der Waals surface area contributed by atoms with Gasteiger partial charge in [0.15, 0.2) is 0 Å². The number of nitrogens with zero attached hydrogens (tertiary/aromatic N) is 3. The first-order chi connectivity index (χ1) is 11.3. The zero-order valence-corrected chi connectivity index (χ0v) is 13.7. The maximum Gasteiger partial charge on any atom is 0.147 e. The molecule has 2 aromatic rings. The molecular weight excluding hydrogens is 286 g/mol. The Kier molecular flexibility index (Phi) is 5.20. The summed E-state index contributed by atoms with van der Waals surface area (Å²) in [4.78, 5) is 0. The minimum Gasteiger partial charge on any atom is -0.328 e. The lowest BCUT2D eigenvalue weighted by atomic mass is 9.80. The molecule has 3 N–H and O–H groups in total. The molecule has 23 heavy (non-hydrogen) atoms. The average molecular weight is 311 g/mol. The molecular formula is C18H25N5. The molecule has 0 saturated heterocycles. The molecule has 0 spiro atoms. The summed E-state index contributed by atoms with van der Waals surface area (Å²) in [6.07, 6.45) is 6.32. The SMILES string of the molecule is CCn1c(CNC/C=C/c2ccccc2)nnc1C1CC(N)C1. The highest BCUT2D eigenvalue weighted by atomic mass is 15.3. The molecule has 1 aliphatic carbocycles. The summed E-state index contributed by atoms with van der Waals surface area (Å²) in [6, 6.07) is 10.7. The van der Waals surface area contributed by atoms with Gasteiger partial charge in [-0.25, -0.2) is 0 Å². The fraction of sp³-hybridized carbons (Fsp3) is 0.444. The summed E-state index contributed by atoms with van der Waals surface area (Å²) in [5, 5.41) is 12.2. The zero-order chi connectivity index (χ0) is 16.1. The minimum atomic E-state index is 0.340. The molecule has 122 valence electrons. The second-order valence-electron chi connectivity index (χ2n) is 6.09. The highest BCUT2D eigenvalue weighted by Gasteiger charge is 2.31. The monoisotopic (exact) mass is 311 g/mol. The Bertz CT molecular complexity index is 641. The highest BCUT2D eigenvalue weighted by Crippen LogP contribution is 2.34. The maximum absolute atomic E-state index is 5.89. The molecule has 1 fully saturated rings. The third kappa shape index (κ3) is 3.86. The Labute approximate surface area is 137 Å². The third-order valence-corrected chi connectivity index (χ3v) is 4.37. The van der Waals surface area contributed by atoms with Crippen LogP contribution in [0, 0.1) is 0 Å². The predicted octanol–water partition coefficient (Wildman–Crippen LogP) is 2.31. The fourth-order valence-corrected chi connectivity index (χ4v) is 3.03. The molecule has 3 rings (SSSR count). The molecule has 0 amide bonds. The number of nitrogens with one attached hydrogen (secondary N) is 1. The van der Waals surface area contributed by atoms with Crippen LogP contribution in [0.15, 0.2) is 36.4 Å². The topological polar surface area (TPSA) is 68.8 Å². The van der Waals surface area contributed by atoms with Crippen LogP contribution in [0.5, 0.6) is 0 Å². The van der Waals surface area contributed by atoms with Gasteiger partial charge in [0.05, 0.1) is 6.54 Å². The van der Waals surface area contributed by atoms with E-state index in [9.17, 15) is 0 Å². The molecule has 0 atom stereocenters. The molecule has 1 aromatic carbocycles. The van der Waals surface area contributed by atoms with Crippen LogP contribution in [0.1, 0.15) is 42.9 Å². The fourth-order valence-electron chi connectivity index (χ4n) is 3.03. The van der Waals surface area contributed by atoms with Gasteiger partial charge in [-0.2, -0.15) is 0 Å². The Balaban J connectivity index is 1.51. The van der Waals surface area contributed by atoms with Crippen LogP contribution < -0.4 is 11.1 Å². The molecule has 1 aromatic heterocycles. The van der Waals surface area contributed by atoms with Crippen molar-refractivity contribution in [2.75, 3.05) is 6.54 Å². The van der Waals surface area contributed by atoms with Crippen LogP contribution in [0.2, 0.25) is 0 Å². The number of aromatic nitrogens is 3. The minimum absolute atomic E-state index is 0.340. The van der Waals surface area contributed by atoms with Crippen LogP contribution in [-0.4, -0.2) is 27.4 Å². The largest absolute Gasteiger partial charge is 0.328 e. The lowest BCUT2D eigenvalue weighted by molar-refractivity contribution is 0.328. The van der Waals surface area contributed by atoms with Gasteiger partial charge in [0, 0.05) is 25.0 Å². The van der Waals surface area contributed by atoms with Gasteiger partial charge in [0.25, 0.3) is 0 Å². The normalized spacial score (nSPS) is 20.8. The standard InChI is InChI=1S/C18H25N5/c1-2-23-17(21-22-18(23)15-11-16(19)12-15)13-20-10-6-9-14-7-4-3-5-8-14/h3-9,15-16,20H,2,10-13,19H2,1H3/b9-6+. The summed E-state index contributed by atoms with van der Waals surface area (Å²) >= 11 is 0. The van der Waals surface area contributed by atoms with Crippen LogP contribution in [0.25, 0.3) is 6.08 Å². The second-order valence-corrected chi connectivity index (χ2v) is 6.09. The van der Waals surface area contributed by atoms with Crippen molar-refractivity contribution in [3.8, 4) is 0 Å². The number of hydrogen-bond donors (Lipinski definition) is 2. The second kappa shape index (κ2) is 7.53. The molecule has 0 radical (unpaired) electrons. The van der Waals surface area contributed by atoms with Gasteiger partial charge in [-0.3, -0.25) is 0 Å². The summed E-state index contributed by atoms with van der Waals surface area (Å²) in [6.45, 7) is 4.60. The van der Waals surface area contributed by atoms with Gasteiger partial charge in [-0.05, 0) is 25.3 Å². The molecule has 1 saturated carbocycles. The van der Waals surface area contributed by atoms with Crippen molar-refractivity contribution < 1.29 is 0 Å². The highest BCUT2D eigenvalue weighted by molar-refractivity contribution is 5.48. The van der Waals surface area contributed by atoms with E-state index in [0.717, 1.165) is 44.1 Å². The van der Waals surface area contributed by atoms with Gasteiger partial charge in [-0.15, -0.1) is 10.2 Å². The van der Waals surface area contributed by atoms with Crippen molar-refractivity contribution in [3.05, 3.63) is 53.6 Å². The molecule has 0 unspecified atom stereocenters. The average Bonchev–Trinajstić information content (AvgIpc) is 2.95. The molecule has 5 nitrogen and oxygen atoms in total. The van der Waals surface area contributed by atoms with Crippen molar-refractivity contribution >= 4 is 6.08 Å². The van der Waals surface area contributed by atoms with Gasteiger partial charge in [-0.1, -0.05) is 42.5 Å². The number of rotatable bonds is 7. The smallest absolute Gasteiger partial charge is 0.147 e. The Hall–Kier alpha value is -1.98. The molecule has 1 heterocycles. The van der Waals surface area contributed by atoms with E-state index in [1.165, 1.54) is 5.56 Å². The summed E-state index contributed by atoms with van der Waals surface area (Å²) in [5.41, 5.74) is 7.11. The third-order valence-electron chi connectivity index (χ3n) is 4.37. The zero-order valence-electron chi connectivity index (χ0n) is 13.7. The number of nitrogens with two attached hydrogens (primary N) is 1. The van der Waals surface area contributed by atoms with Crippen LogP contribution in [0.3, 0.4) is 0 Å². The quantitative estimate of drug-likeness (QED) is 0.770. The Morgan fingerprint density at radius 3 is 2.74 bits per heavy atom. The lowest BCUT2D eigenvalue weighted by Gasteiger charge is -2.31. The van der Waals surface area contributed by atoms with Gasteiger partial charge < -0.3 is 15.6 Å². The summed E-state index contributed by atoms with van der Waals surface area (Å²) in [5.74, 6) is 2.60. The molecule has 0 bridgehead atoms. The van der Waals surface area contributed by atoms with Gasteiger partial charge in [0.2, 0.25) is 0 Å². The van der Waals surface area contributed by atoms with E-state index in [2.05, 4.69) is 51.3 Å². The van der Waals surface area contributed by atoms with E-state index in [4.69, 9.17) is 5.73 Å². The van der Waals surface area contributed by atoms with Crippen LogP contribution in [0.4, 0.5) is 0 Å². The Morgan fingerprint density at radius 1 is 1.26 bits per heavy atom. The summed E-state index contributed by atoms with van der Waals surface area (Å²) < 4.78 is 2.23. The van der Waals surface area contributed by atoms with E-state index >= 15 is 0 Å². The van der Waals surface area contributed by atoms with Crippen molar-refractivity contribution in [1.82, 2.24) is 20.1 Å². The maximum atomic E-state index is 5.89. The first-order valence-electron chi connectivity index (χ1n) is 8.37. The van der Waals surface area contributed by atoms with E-state index in [1.807, 2.05) is 18.2 Å². The van der Waals surface area contributed by atoms with Gasteiger partial charge in [0.1, 0.15) is 11.6 Å². The van der Waals surface area contributed by atoms with E-state index in [-0.39, 0.29) is 0 Å². The van der Waals surface area contributed by atoms with Gasteiger partial charge >= 0.3 is 0 Å². The lowest BCUT2D eigenvalue weighted by Crippen LogP contribution is -2.36. The molecule has 1 aliphatic rings. The summed E-state index contributed by atoms with van der Waals surface area (Å²) in [7, 11) is 0. The number of hydrogen-bond acceptors (Lipinski definition) is 4. The van der Waals surface area contributed by atoms with Crippen molar-refractivity contribution in [2.24, 2.45) is 5.73 Å². The first kappa shape index (κ1) is 15.9. The number of benzene rings is 1. The Morgan fingerprint density at radius 2 is 2.04 bits per heavy atom. The first-order valence-corrected chi connectivity index (χ1v) is 8.37. The van der Waals surface area contributed by atoms with Crippen LogP contribution in [-0.2, 0) is 13.1 Å². The van der Waals surface area contributed by atoms with E-state index < -0.39 is 0 Å². The van der Waals surface area contributed by atoms with E-state index in [0.29, 0.717) is 12.0 Å². The van der Waals surface area contributed by atoms with Crippen molar-refractivity contribution in [3.63, 3.8) is 0 Å². The van der Waals surface area contributed by atoms with Crippen molar-refractivity contribution in [2.45, 2.75) is 44.8 Å². The van der Waals surface area contributed by atoms with Crippen LogP contribution >= 0.6 is 0 Å². The molecule has 5 heteroatoms. The van der Waals surface area contributed by atoms with E-state index in [1.54, 1.807) is 0 Å². The predicted molar refractivity (Wildman–Crippen MR) is 92.8 cm³/mol. The van der Waals surface area contributed by atoms with Crippen molar-refractivity contribution in [1.29, 1.82) is 0 Å².